The summed E-state index contributed by atoms with van der Waals surface area (Å²) in [5, 5.41) is 11.9. The number of esters is 1. The monoisotopic (exact) mass is 493 g/mol. The van der Waals surface area contributed by atoms with Crippen molar-refractivity contribution in [1.29, 1.82) is 0 Å². The number of benzene rings is 3. The quantitative estimate of drug-likeness (QED) is 0.285. The fraction of sp³-hybridized carbons (Fsp3) is 0.207. The van der Waals surface area contributed by atoms with E-state index in [4.69, 9.17) is 4.74 Å². The molecule has 1 fully saturated rings. The summed E-state index contributed by atoms with van der Waals surface area (Å²) in [5.74, 6) is 0.0523. The molecule has 5 rings (SSSR count). The van der Waals surface area contributed by atoms with Crippen LogP contribution in [-0.4, -0.2) is 50.5 Å². The number of methoxy groups -OCH3 is 1. The second-order valence-electron chi connectivity index (χ2n) is 8.83. The summed E-state index contributed by atoms with van der Waals surface area (Å²) < 4.78 is 6.17. The molecule has 1 aliphatic rings. The molecular weight excluding hydrogens is 466 g/mol. The molecule has 1 saturated heterocycles. The Labute approximate surface area is 215 Å². The standard InChI is InChI=1S/C29H27N5O3/c1-37-28(36)21-34-27(30-31-32-34)20-25-19-26(35)17-18-33(25)29(22-11-5-2-6-12-22,23-13-7-3-8-14-23)24-15-9-4-10-16-24/h2-16,20H,17-19,21H2,1H3. The summed E-state index contributed by atoms with van der Waals surface area (Å²) in [6, 6.07) is 30.9. The first-order valence-corrected chi connectivity index (χ1v) is 12.1. The van der Waals surface area contributed by atoms with Crippen molar-refractivity contribution in [3.05, 3.63) is 119 Å². The van der Waals surface area contributed by atoms with Gasteiger partial charge in [-0.05, 0) is 27.1 Å². The Morgan fingerprint density at radius 2 is 1.46 bits per heavy atom. The second kappa shape index (κ2) is 10.6. The zero-order chi connectivity index (χ0) is 25.7. The minimum absolute atomic E-state index is 0.127. The van der Waals surface area contributed by atoms with Crippen molar-refractivity contribution < 1.29 is 14.3 Å². The minimum Gasteiger partial charge on any atom is -0.468 e. The van der Waals surface area contributed by atoms with Crippen molar-refractivity contribution in [3.8, 4) is 0 Å². The summed E-state index contributed by atoms with van der Waals surface area (Å²) in [4.78, 5) is 27.0. The van der Waals surface area contributed by atoms with Gasteiger partial charge in [0.2, 0.25) is 0 Å². The first-order valence-electron chi connectivity index (χ1n) is 12.1. The Hall–Kier alpha value is -4.59. The lowest BCUT2D eigenvalue weighted by molar-refractivity contribution is -0.141. The van der Waals surface area contributed by atoms with E-state index in [1.807, 2.05) is 60.7 Å². The smallest absolute Gasteiger partial charge is 0.327 e. The molecule has 4 aromatic rings. The summed E-state index contributed by atoms with van der Waals surface area (Å²) in [7, 11) is 1.32. The molecule has 0 radical (unpaired) electrons. The van der Waals surface area contributed by atoms with Gasteiger partial charge < -0.3 is 9.64 Å². The molecule has 0 aliphatic carbocycles. The molecule has 1 aliphatic heterocycles. The number of aromatic nitrogens is 4. The number of rotatable bonds is 7. The summed E-state index contributed by atoms with van der Waals surface area (Å²) in [6.45, 7) is 0.375. The van der Waals surface area contributed by atoms with Gasteiger partial charge in [0.05, 0.1) is 7.11 Å². The van der Waals surface area contributed by atoms with Crippen molar-refractivity contribution in [2.24, 2.45) is 0 Å². The predicted octanol–water partition coefficient (Wildman–Crippen LogP) is 3.84. The third-order valence-electron chi connectivity index (χ3n) is 6.68. The van der Waals surface area contributed by atoms with Crippen LogP contribution in [0.4, 0.5) is 0 Å². The van der Waals surface area contributed by atoms with Gasteiger partial charge in [-0.25, -0.2) is 4.68 Å². The van der Waals surface area contributed by atoms with E-state index in [9.17, 15) is 9.59 Å². The number of Topliss-reactive ketones (excluding diaryl/α,β-unsaturated/α-hetero) is 1. The number of nitrogens with zero attached hydrogens (tertiary/aromatic N) is 5. The SMILES string of the molecule is COC(=O)Cn1nnnc1C=C1CC(=O)CCN1C(c1ccccc1)(c1ccccc1)c1ccccc1. The van der Waals surface area contributed by atoms with Crippen LogP contribution in [0.5, 0.6) is 0 Å². The van der Waals surface area contributed by atoms with Crippen LogP contribution < -0.4 is 0 Å². The van der Waals surface area contributed by atoms with Gasteiger partial charge in [-0.3, -0.25) is 9.59 Å². The molecule has 3 aromatic carbocycles. The summed E-state index contributed by atoms with van der Waals surface area (Å²) in [6.07, 6.45) is 2.45. The summed E-state index contributed by atoms with van der Waals surface area (Å²) >= 11 is 0. The molecule has 186 valence electrons. The zero-order valence-corrected chi connectivity index (χ0v) is 20.5. The van der Waals surface area contributed by atoms with Gasteiger partial charge >= 0.3 is 5.97 Å². The van der Waals surface area contributed by atoms with E-state index in [2.05, 4.69) is 56.8 Å². The molecule has 8 nitrogen and oxygen atoms in total. The molecule has 0 amide bonds. The highest BCUT2D eigenvalue weighted by atomic mass is 16.5. The molecule has 8 heteroatoms. The van der Waals surface area contributed by atoms with E-state index in [1.165, 1.54) is 11.8 Å². The number of ether oxygens (including phenoxy) is 1. The largest absolute Gasteiger partial charge is 0.468 e. The molecule has 37 heavy (non-hydrogen) atoms. The molecule has 1 aromatic heterocycles. The van der Waals surface area contributed by atoms with Crippen LogP contribution in [0.1, 0.15) is 35.4 Å². The number of hydrogen-bond acceptors (Lipinski definition) is 7. The van der Waals surface area contributed by atoms with Crippen LogP contribution in [0.2, 0.25) is 0 Å². The van der Waals surface area contributed by atoms with E-state index >= 15 is 0 Å². The van der Waals surface area contributed by atoms with E-state index in [0.29, 0.717) is 18.8 Å². The van der Waals surface area contributed by atoms with Crippen molar-refractivity contribution in [2.75, 3.05) is 13.7 Å². The normalized spacial score (nSPS) is 15.1. The van der Waals surface area contributed by atoms with E-state index in [1.54, 1.807) is 0 Å². The molecule has 0 N–H and O–H groups in total. The lowest BCUT2D eigenvalue weighted by atomic mass is 9.74. The molecule has 0 bridgehead atoms. The third kappa shape index (κ3) is 4.65. The van der Waals surface area contributed by atoms with Gasteiger partial charge in [0.25, 0.3) is 0 Å². The van der Waals surface area contributed by atoms with E-state index < -0.39 is 11.5 Å². The molecule has 0 saturated carbocycles. The number of piperidine rings is 1. The van der Waals surface area contributed by atoms with Gasteiger partial charge in [-0.1, -0.05) is 91.0 Å². The highest BCUT2D eigenvalue weighted by Crippen LogP contribution is 2.46. The molecule has 0 spiro atoms. The van der Waals surface area contributed by atoms with Gasteiger partial charge in [-0.15, -0.1) is 5.10 Å². The van der Waals surface area contributed by atoms with Crippen molar-refractivity contribution in [2.45, 2.75) is 24.9 Å². The Balaban J connectivity index is 1.75. The average Bonchev–Trinajstić information content (AvgIpc) is 3.38. The van der Waals surface area contributed by atoms with Gasteiger partial charge in [0, 0.05) is 31.2 Å². The van der Waals surface area contributed by atoms with Gasteiger partial charge in [-0.2, -0.15) is 0 Å². The molecule has 0 atom stereocenters. The van der Waals surface area contributed by atoms with Crippen molar-refractivity contribution in [3.63, 3.8) is 0 Å². The van der Waals surface area contributed by atoms with Crippen LogP contribution in [0.25, 0.3) is 6.08 Å². The first kappa shape index (κ1) is 24.1. The number of hydrogen-bond donors (Lipinski definition) is 0. The van der Waals surface area contributed by atoms with Gasteiger partial charge in [0.15, 0.2) is 5.82 Å². The van der Waals surface area contributed by atoms with Crippen LogP contribution in [0.15, 0.2) is 96.7 Å². The number of ketones is 1. The van der Waals surface area contributed by atoms with Crippen LogP contribution in [-0.2, 0) is 26.4 Å². The molecular formula is C29H27N5O3. The lowest BCUT2D eigenvalue weighted by Gasteiger charge is -2.49. The second-order valence-corrected chi connectivity index (χ2v) is 8.83. The summed E-state index contributed by atoms with van der Waals surface area (Å²) in [5.41, 5.74) is 3.26. The Morgan fingerprint density at radius 3 is 1.97 bits per heavy atom. The Kier molecular flexibility index (Phi) is 6.89. The molecule has 0 unspecified atom stereocenters. The topological polar surface area (TPSA) is 90.2 Å². The van der Waals surface area contributed by atoms with E-state index in [-0.39, 0.29) is 18.7 Å². The first-order chi connectivity index (χ1) is 18.1. The van der Waals surface area contributed by atoms with E-state index in [0.717, 1.165) is 22.4 Å². The Morgan fingerprint density at radius 1 is 0.919 bits per heavy atom. The van der Waals surface area contributed by atoms with Gasteiger partial charge in [0.1, 0.15) is 17.9 Å². The van der Waals surface area contributed by atoms with Crippen LogP contribution >= 0.6 is 0 Å². The average molecular weight is 494 g/mol. The maximum atomic E-state index is 12.8. The maximum Gasteiger partial charge on any atom is 0.327 e. The number of likely N-dealkylation sites (tertiary alicyclic amines) is 1. The lowest BCUT2D eigenvalue weighted by Crippen LogP contribution is -2.50. The van der Waals surface area contributed by atoms with Crippen LogP contribution in [0.3, 0.4) is 0 Å². The maximum absolute atomic E-state index is 12.8. The third-order valence-corrected chi connectivity index (χ3v) is 6.68. The zero-order valence-electron chi connectivity index (χ0n) is 20.5. The highest BCUT2D eigenvalue weighted by molar-refractivity contribution is 5.83. The number of carbonyl (C=O) groups excluding carboxylic acids is 2. The van der Waals surface area contributed by atoms with Crippen LogP contribution in [0, 0.1) is 0 Å². The molecule has 2 heterocycles. The minimum atomic E-state index is -0.725. The van der Waals surface area contributed by atoms with Crippen molar-refractivity contribution in [1.82, 2.24) is 25.1 Å². The Bertz CT molecular complexity index is 1300. The number of tetrazole rings is 1. The number of carbonyl (C=O) groups is 2. The highest BCUT2D eigenvalue weighted by Gasteiger charge is 2.44. The number of allylic oxidation sites excluding steroid dienone is 1. The predicted molar refractivity (Wildman–Crippen MR) is 138 cm³/mol. The fourth-order valence-corrected chi connectivity index (χ4v) is 5.05. The van der Waals surface area contributed by atoms with Crippen molar-refractivity contribution >= 4 is 17.8 Å². The fourth-order valence-electron chi connectivity index (χ4n) is 5.05.